The number of carboxylic acids is 1. The summed E-state index contributed by atoms with van der Waals surface area (Å²) in [6.45, 7) is 5.56. The highest BCUT2D eigenvalue weighted by atomic mass is 16.4. The lowest BCUT2D eigenvalue weighted by molar-refractivity contribution is 0.0659. The van der Waals surface area contributed by atoms with Crippen molar-refractivity contribution in [1.82, 2.24) is 9.97 Å². The Balaban J connectivity index is 2.53. The largest absolute Gasteiger partial charge is 0.475 e. The number of nitriles is 1. The van der Waals surface area contributed by atoms with Crippen LogP contribution in [0.15, 0.2) is 22.7 Å². The van der Waals surface area contributed by atoms with Gasteiger partial charge in [0.15, 0.2) is 0 Å². The molecule has 0 aliphatic carbocycles. The average Bonchev–Trinajstić information content (AvgIpc) is 2.84. The number of oxazole rings is 1. The molecule has 0 atom stereocenters. The van der Waals surface area contributed by atoms with Crippen molar-refractivity contribution in [3.63, 3.8) is 0 Å². The lowest BCUT2D eigenvalue weighted by Crippen LogP contribution is -2.16. The summed E-state index contributed by atoms with van der Waals surface area (Å²) in [5.41, 5.74) is 0.713. The molecular formula is C14H13N3O3. The lowest BCUT2D eigenvalue weighted by Gasteiger charge is -2.14. The maximum absolute atomic E-state index is 11.2. The second-order valence-electron chi connectivity index (χ2n) is 5.30. The predicted molar refractivity (Wildman–Crippen MR) is 70.1 cm³/mol. The van der Waals surface area contributed by atoms with Crippen molar-refractivity contribution in [2.24, 2.45) is 0 Å². The van der Waals surface area contributed by atoms with Crippen molar-refractivity contribution in [1.29, 1.82) is 5.26 Å². The monoisotopic (exact) mass is 271 g/mol. The summed E-state index contributed by atoms with van der Waals surface area (Å²) in [5, 5.41) is 17.9. The van der Waals surface area contributed by atoms with E-state index in [1.807, 2.05) is 26.8 Å². The number of carbonyl (C=O) groups is 1. The fourth-order valence-electron chi connectivity index (χ4n) is 1.67. The van der Waals surface area contributed by atoms with Gasteiger partial charge < -0.3 is 9.52 Å². The molecule has 0 fully saturated rings. The SMILES string of the molecule is CC(C)(C)c1nc(-c2ccc(C#N)cn2)oc1C(=O)O. The van der Waals surface area contributed by atoms with Gasteiger partial charge in [-0.25, -0.2) is 14.8 Å². The normalized spacial score (nSPS) is 11.1. The van der Waals surface area contributed by atoms with E-state index in [1.54, 1.807) is 12.1 Å². The Bertz CT molecular complexity index is 688. The Morgan fingerprint density at radius 2 is 2.10 bits per heavy atom. The summed E-state index contributed by atoms with van der Waals surface area (Å²) in [7, 11) is 0. The number of nitrogens with zero attached hydrogens (tertiary/aromatic N) is 3. The van der Waals surface area contributed by atoms with Crippen LogP contribution in [0.25, 0.3) is 11.6 Å². The van der Waals surface area contributed by atoms with E-state index in [0.29, 0.717) is 17.0 Å². The first kappa shape index (κ1) is 13.7. The molecule has 0 unspecified atom stereocenters. The summed E-state index contributed by atoms with van der Waals surface area (Å²) in [6, 6.07) is 5.10. The first-order valence-corrected chi connectivity index (χ1v) is 5.94. The van der Waals surface area contributed by atoms with Crippen LogP contribution in [0, 0.1) is 11.3 Å². The molecule has 0 saturated heterocycles. The minimum atomic E-state index is -1.16. The molecule has 0 spiro atoms. The molecule has 0 aliphatic heterocycles. The van der Waals surface area contributed by atoms with Gasteiger partial charge in [-0.05, 0) is 12.1 Å². The van der Waals surface area contributed by atoms with E-state index < -0.39 is 11.4 Å². The average molecular weight is 271 g/mol. The van der Waals surface area contributed by atoms with Crippen molar-refractivity contribution in [3.05, 3.63) is 35.3 Å². The minimum absolute atomic E-state index is 0.136. The van der Waals surface area contributed by atoms with Crippen molar-refractivity contribution >= 4 is 5.97 Å². The zero-order chi connectivity index (χ0) is 14.9. The van der Waals surface area contributed by atoms with E-state index in [2.05, 4.69) is 9.97 Å². The van der Waals surface area contributed by atoms with E-state index in [4.69, 9.17) is 9.68 Å². The number of aromatic carboxylic acids is 1. The molecule has 2 aromatic rings. The standard InChI is InChI=1S/C14H13N3O3/c1-14(2,3)11-10(13(18)19)20-12(17-11)9-5-4-8(6-15)7-16-9/h4-5,7H,1-3H3,(H,18,19). The summed E-state index contributed by atoms with van der Waals surface area (Å²) in [6.07, 6.45) is 1.39. The summed E-state index contributed by atoms with van der Waals surface area (Å²) in [5.74, 6) is -1.21. The molecule has 6 nitrogen and oxygen atoms in total. The van der Waals surface area contributed by atoms with Crippen LogP contribution in [0.1, 0.15) is 42.6 Å². The molecular weight excluding hydrogens is 258 g/mol. The van der Waals surface area contributed by atoms with Crippen LogP contribution in [0.4, 0.5) is 0 Å². The summed E-state index contributed by atoms with van der Waals surface area (Å²) >= 11 is 0. The molecule has 20 heavy (non-hydrogen) atoms. The molecule has 0 saturated carbocycles. The Morgan fingerprint density at radius 1 is 1.40 bits per heavy atom. The summed E-state index contributed by atoms with van der Waals surface area (Å²) in [4.78, 5) is 19.5. The molecule has 0 bridgehead atoms. The molecule has 0 aromatic carbocycles. The van der Waals surface area contributed by atoms with Gasteiger partial charge in [0.25, 0.3) is 0 Å². The van der Waals surface area contributed by atoms with Crippen LogP contribution in [0.5, 0.6) is 0 Å². The smallest absolute Gasteiger partial charge is 0.373 e. The van der Waals surface area contributed by atoms with Gasteiger partial charge in [0.05, 0.1) is 5.56 Å². The molecule has 2 rings (SSSR count). The fraction of sp³-hybridized carbons (Fsp3) is 0.286. The number of carboxylic acid groups (broad SMARTS) is 1. The Morgan fingerprint density at radius 3 is 2.50 bits per heavy atom. The molecule has 6 heteroatoms. The second-order valence-corrected chi connectivity index (χ2v) is 5.30. The topological polar surface area (TPSA) is 100 Å². The van der Waals surface area contributed by atoms with Crippen LogP contribution < -0.4 is 0 Å². The van der Waals surface area contributed by atoms with Crippen LogP contribution in [0.2, 0.25) is 0 Å². The summed E-state index contributed by atoms with van der Waals surface area (Å²) < 4.78 is 5.31. The highest BCUT2D eigenvalue weighted by Crippen LogP contribution is 2.29. The third kappa shape index (κ3) is 2.52. The zero-order valence-electron chi connectivity index (χ0n) is 11.3. The minimum Gasteiger partial charge on any atom is -0.475 e. The third-order valence-corrected chi connectivity index (χ3v) is 2.64. The number of aromatic nitrogens is 2. The zero-order valence-corrected chi connectivity index (χ0v) is 11.3. The predicted octanol–water partition coefficient (Wildman–Crippen LogP) is 2.60. The third-order valence-electron chi connectivity index (χ3n) is 2.64. The lowest BCUT2D eigenvalue weighted by atomic mass is 9.91. The van der Waals surface area contributed by atoms with E-state index in [0.717, 1.165) is 0 Å². The quantitative estimate of drug-likeness (QED) is 0.901. The van der Waals surface area contributed by atoms with Gasteiger partial charge >= 0.3 is 5.97 Å². The van der Waals surface area contributed by atoms with Gasteiger partial charge in [0, 0.05) is 11.6 Å². The van der Waals surface area contributed by atoms with Gasteiger partial charge in [-0.3, -0.25) is 0 Å². The molecule has 102 valence electrons. The van der Waals surface area contributed by atoms with Gasteiger partial charge in [0.2, 0.25) is 11.7 Å². The van der Waals surface area contributed by atoms with Gasteiger partial charge in [0.1, 0.15) is 17.5 Å². The maximum atomic E-state index is 11.2. The van der Waals surface area contributed by atoms with Crippen molar-refractivity contribution < 1.29 is 14.3 Å². The van der Waals surface area contributed by atoms with E-state index in [9.17, 15) is 9.90 Å². The Hall–Kier alpha value is -2.68. The molecule has 0 aliphatic rings. The maximum Gasteiger partial charge on any atom is 0.373 e. The van der Waals surface area contributed by atoms with Gasteiger partial charge in [-0.2, -0.15) is 5.26 Å². The van der Waals surface area contributed by atoms with Crippen LogP contribution >= 0.6 is 0 Å². The number of pyridine rings is 1. The van der Waals surface area contributed by atoms with E-state index in [1.165, 1.54) is 6.20 Å². The number of hydrogen-bond donors (Lipinski definition) is 1. The highest BCUT2D eigenvalue weighted by molar-refractivity contribution is 5.86. The number of hydrogen-bond acceptors (Lipinski definition) is 5. The molecule has 2 aromatic heterocycles. The van der Waals surface area contributed by atoms with E-state index in [-0.39, 0.29) is 11.7 Å². The number of rotatable bonds is 2. The van der Waals surface area contributed by atoms with Crippen molar-refractivity contribution in [2.75, 3.05) is 0 Å². The van der Waals surface area contributed by atoms with Crippen LogP contribution in [0.3, 0.4) is 0 Å². The molecule has 2 heterocycles. The van der Waals surface area contributed by atoms with Crippen LogP contribution in [-0.2, 0) is 5.41 Å². The molecule has 0 amide bonds. The van der Waals surface area contributed by atoms with Crippen molar-refractivity contribution in [3.8, 4) is 17.7 Å². The first-order valence-electron chi connectivity index (χ1n) is 5.94. The Labute approximate surface area is 115 Å². The van der Waals surface area contributed by atoms with Gasteiger partial charge in [-0.1, -0.05) is 20.8 Å². The fourth-order valence-corrected chi connectivity index (χ4v) is 1.67. The first-order chi connectivity index (χ1) is 9.32. The molecule has 0 radical (unpaired) electrons. The highest BCUT2D eigenvalue weighted by Gasteiger charge is 2.29. The van der Waals surface area contributed by atoms with Crippen LogP contribution in [-0.4, -0.2) is 21.0 Å². The Kier molecular flexibility index (Phi) is 3.28. The second kappa shape index (κ2) is 4.78. The van der Waals surface area contributed by atoms with Gasteiger partial charge in [-0.15, -0.1) is 0 Å². The van der Waals surface area contributed by atoms with E-state index >= 15 is 0 Å². The van der Waals surface area contributed by atoms with Crippen molar-refractivity contribution in [2.45, 2.75) is 26.2 Å². The molecule has 1 N–H and O–H groups in total.